The standard InChI is InChI=1S/C13H12ClN3OS2/c1-8-10(5-6-18-8)12-15-16-13(17(12)2)19-7-9-3-4-11(14)20-9/h3-6H,7H2,1-2H3. The number of hydrogen-bond donors (Lipinski definition) is 0. The number of hydrogen-bond acceptors (Lipinski definition) is 5. The van der Waals surface area contributed by atoms with Gasteiger partial charge >= 0.3 is 0 Å². The number of nitrogens with zero attached hydrogens (tertiary/aromatic N) is 3. The monoisotopic (exact) mass is 325 g/mol. The van der Waals surface area contributed by atoms with Crippen molar-refractivity contribution in [2.45, 2.75) is 17.8 Å². The summed E-state index contributed by atoms with van der Waals surface area (Å²) in [5.41, 5.74) is 0.978. The Labute approximate surface area is 129 Å². The van der Waals surface area contributed by atoms with E-state index in [0.717, 1.165) is 32.4 Å². The van der Waals surface area contributed by atoms with Gasteiger partial charge in [-0.3, -0.25) is 0 Å². The van der Waals surface area contributed by atoms with Crippen LogP contribution in [0.4, 0.5) is 0 Å². The van der Waals surface area contributed by atoms with Crippen molar-refractivity contribution in [3.05, 3.63) is 39.4 Å². The smallest absolute Gasteiger partial charge is 0.191 e. The van der Waals surface area contributed by atoms with Crippen LogP contribution in [-0.4, -0.2) is 14.8 Å². The Morgan fingerprint density at radius 2 is 2.20 bits per heavy atom. The van der Waals surface area contributed by atoms with Crippen LogP contribution in [0.25, 0.3) is 11.4 Å². The van der Waals surface area contributed by atoms with E-state index in [1.54, 1.807) is 29.4 Å². The first-order valence-electron chi connectivity index (χ1n) is 5.96. The fourth-order valence-corrected chi connectivity index (χ4v) is 3.90. The van der Waals surface area contributed by atoms with E-state index in [9.17, 15) is 0 Å². The Morgan fingerprint density at radius 3 is 2.85 bits per heavy atom. The van der Waals surface area contributed by atoms with Gasteiger partial charge in [0.25, 0.3) is 0 Å². The Morgan fingerprint density at radius 1 is 1.35 bits per heavy atom. The van der Waals surface area contributed by atoms with Gasteiger partial charge in [-0.15, -0.1) is 21.5 Å². The maximum absolute atomic E-state index is 5.93. The van der Waals surface area contributed by atoms with Crippen molar-refractivity contribution in [2.24, 2.45) is 7.05 Å². The van der Waals surface area contributed by atoms with E-state index >= 15 is 0 Å². The van der Waals surface area contributed by atoms with Crippen molar-refractivity contribution < 1.29 is 4.42 Å². The molecule has 0 N–H and O–H groups in total. The lowest BCUT2D eigenvalue weighted by atomic mass is 10.2. The molecule has 3 heterocycles. The number of aryl methyl sites for hydroxylation is 1. The van der Waals surface area contributed by atoms with Gasteiger partial charge in [0.2, 0.25) is 0 Å². The van der Waals surface area contributed by atoms with E-state index < -0.39 is 0 Å². The zero-order valence-corrected chi connectivity index (χ0v) is 13.3. The highest BCUT2D eigenvalue weighted by molar-refractivity contribution is 7.98. The fourth-order valence-electron chi connectivity index (χ4n) is 1.86. The van der Waals surface area contributed by atoms with Gasteiger partial charge in [-0.1, -0.05) is 23.4 Å². The molecule has 3 aromatic rings. The van der Waals surface area contributed by atoms with Crippen molar-refractivity contribution in [1.29, 1.82) is 0 Å². The topological polar surface area (TPSA) is 43.9 Å². The molecular weight excluding hydrogens is 314 g/mol. The molecule has 0 aliphatic heterocycles. The molecule has 0 amide bonds. The van der Waals surface area contributed by atoms with E-state index in [2.05, 4.69) is 10.2 Å². The van der Waals surface area contributed by atoms with Crippen LogP contribution >= 0.6 is 34.7 Å². The number of thioether (sulfide) groups is 1. The molecule has 0 fully saturated rings. The van der Waals surface area contributed by atoms with Crippen LogP contribution in [0.2, 0.25) is 4.34 Å². The minimum absolute atomic E-state index is 0.813. The van der Waals surface area contributed by atoms with Crippen molar-refractivity contribution in [1.82, 2.24) is 14.8 Å². The quantitative estimate of drug-likeness (QED) is 0.667. The van der Waals surface area contributed by atoms with Crippen LogP contribution < -0.4 is 0 Å². The van der Waals surface area contributed by atoms with Gasteiger partial charge in [-0.05, 0) is 25.1 Å². The molecule has 0 saturated carbocycles. The molecule has 4 nitrogen and oxygen atoms in total. The molecule has 0 saturated heterocycles. The largest absolute Gasteiger partial charge is 0.469 e. The van der Waals surface area contributed by atoms with Crippen LogP contribution in [0, 0.1) is 6.92 Å². The van der Waals surface area contributed by atoms with Crippen LogP contribution in [0.5, 0.6) is 0 Å². The van der Waals surface area contributed by atoms with E-state index in [-0.39, 0.29) is 0 Å². The zero-order valence-electron chi connectivity index (χ0n) is 11.0. The minimum atomic E-state index is 0.813. The molecule has 0 aromatic carbocycles. The molecule has 0 aliphatic rings. The maximum Gasteiger partial charge on any atom is 0.191 e. The summed E-state index contributed by atoms with van der Waals surface area (Å²) in [7, 11) is 1.96. The second-order valence-electron chi connectivity index (χ2n) is 4.25. The second-order valence-corrected chi connectivity index (χ2v) is 6.99. The Balaban J connectivity index is 1.79. The van der Waals surface area contributed by atoms with E-state index in [4.69, 9.17) is 16.0 Å². The Kier molecular flexibility index (Phi) is 3.87. The average molecular weight is 326 g/mol. The highest BCUT2D eigenvalue weighted by Crippen LogP contribution is 2.30. The normalized spacial score (nSPS) is 11.2. The summed E-state index contributed by atoms with van der Waals surface area (Å²) in [6, 6.07) is 5.86. The lowest BCUT2D eigenvalue weighted by Gasteiger charge is -2.02. The van der Waals surface area contributed by atoms with Gasteiger partial charge in [0.1, 0.15) is 5.76 Å². The van der Waals surface area contributed by atoms with E-state index in [1.807, 2.05) is 36.7 Å². The number of furan rings is 1. The number of thiophene rings is 1. The average Bonchev–Trinajstić information content (AvgIpc) is 3.10. The number of halogens is 1. The summed E-state index contributed by atoms with van der Waals surface area (Å²) >= 11 is 9.17. The highest BCUT2D eigenvalue weighted by atomic mass is 35.5. The molecule has 0 unspecified atom stereocenters. The second kappa shape index (κ2) is 5.63. The first-order chi connectivity index (χ1) is 9.65. The first-order valence-corrected chi connectivity index (χ1v) is 8.14. The molecule has 0 aliphatic carbocycles. The fraction of sp³-hybridized carbons (Fsp3) is 0.231. The molecule has 0 radical (unpaired) electrons. The summed E-state index contributed by atoms with van der Waals surface area (Å²) in [5.74, 6) is 2.51. The Hall–Kier alpha value is -1.24. The molecule has 20 heavy (non-hydrogen) atoms. The van der Waals surface area contributed by atoms with Crippen LogP contribution in [-0.2, 0) is 12.8 Å². The summed E-state index contributed by atoms with van der Waals surface area (Å²) in [6.45, 7) is 1.92. The molecular formula is C13H12ClN3OS2. The van der Waals surface area contributed by atoms with Crippen LogP contribution in [0.1, 0.15) is 10.6 Å². The van der Waals surface area contributed by atoms with Crippen molar-refractivity contribution in [2.75, 3.05) is 0 Å². The molecule has 0 atom stereocenters. The molecule has 3 aromatic heterocycles. The molecule has 3 rings (SSSR count). The van der Waals surface area contributed by atoms with E-state index in [0.29, 0.717) is 0 Å². The van der Waals surface area contributed by atoms with Gasteiger partial charge in [-0.25, -0.2) is 0 Å². The molecule has 104 valence electrons. The van der Waals surface area contributed by atoms with Crippen molar-refractivity contribution in [3.8, 4) is 11.4 Å². The van der Waals surface area contributed by atoms with Crippen molar-refractivity contribution >= 4 is 34.7 Å². The molecule has 0 spiro atoms. The predicted molar refractivity (Wildman–Crippen MR) is 82.3 cm³/mol. The third-order valence-electron chi connectivity index (χ3n) is 2.91. The van der Waals surface area contributed by atoms with Crippen LogP contribution in [0.15, 0.2) is 34.0 Å². The minimum Gasteiger partial charge on any atom is -0.469 e. The third-order valence-corrected chi connectivity index (χ3v) is 5.39. The summed E-state index contributed by atoms with van der Waals surface area (Å²) in [6.07, 6.45) is 1.67. The van der Waals surface area contributed by atoms with Crippen LogP contribution in [0.3, 0.4) is 0 Å². The van der Waals surface area contributed by atoms with Gasteiger partial charge in [0, 0.05) is 17.7 Å². The first kappa shape index (κ1) is 13.7. The van der Waals surface area contributed by atoms with E-state index in [1.165, 1.54) is 4.88 Å². The summed E-state index contributed by atoms with van der Waals surface area (Å²) in [5, 5.41) is 9.37. The predicted octanol–water partition coefficient (Wildman–Crippen LogP) is 4.39. The SMILES string of the molecule is Cc1occc1-c1nnc(SCc2ccc(Cl)s2)n1C. The number of aromatic nitrogens is 3. The van der Waals surface area contributed by atoms with Crippen molar-refractivity contribution in [3.63, 3.8) is 0 Å². The lowest BCUT2D eigenvalue weighted by molar-refractivity contribution is 0.534. The maximum atomic E-state index is 5.93. The van der Waals surface area contributed by atoms with Gasteiger partial charge < -0.3 is 8.98 Å². The van der Waals surface area contributed by atoms with Gasteiger partial charge in [0.15, 0.2) is 11.0 Å². The summed E-state index contributed by atoms with van der Waals surface area (Å²) < 4.78 is 8.11. The zero-order chi connectivity index (χ0) is 14.1. The summed E-state index contributed by atoms with van der Waals surface area (Å²) in [4.78, 5) is 1.23. The van der Waals surface area contributed by atoms with Gasteiger partial charge in [0.05, 0.1) is 16.2 Å². The Bertz CT molecular complexity index is 732. The third kappa shape index (κ3) is 2.63. The van der Waals surface area contributed by atoms with Gasteiger partial charge in [-0.2, -0.15) is 0 Å². The lowest BCUT2D eigenvalue weighted by Crippen LogP contribution is -1.94. The molecule has 7 heteroatoms. The highest BCUT2D eigenvalue weighted by Gasteiger charge is 2.14. The molecule has 0 bridgehead atoms. The number of rotatable bonds is 4.